The number of carbonyl (C=O) groups excluding carboxylic acids is 1. The van der Waals surface area contributed by atoms with E-state index in [9.17, 15) is 27.2 Å². The topological polar surface area (TPSA) is 102 Å². The number of fused-ring (bicyclic) bond motifs is 1. The second-order valence-electron chi connectivity index (χ2n) is 11.0. The molecule has 11 heteroatoms. The number of hydrogen-bond acceptors (Lipinski definition) is 5. The summed E-state index contributed by atoms with van der Waals surface area (Å²) < 4.78 is 64.0. The normalized spacial score (nSPS) is 14.9. The molecule has 1 unspecified atom stereocenters. The predicted molar refractivity (Wildman–Crippen MR) is 168 cm³/mol. The van der Waals surface area contributed by atoms with Gasteiger partial charge >= 0.3 is 12.1 Å². The summed E-state index contributed by atoms with van der Waals surface area (Å²) in [6.07, 6.45) is -2.60. The molecule has 1 aliphatic heterocycles. The SMILES string of the molecule is COc1ccc(C2CCCN2CC(F)(F)F)c(OC)c1-c1cccc2c(CCC(=O)O)cccc12.Cc1cccc(F)c1C(N)=O. The first-order valence-corrected chi connectivity index (χ1v) is 14.7. The molecule has 244 valence electrons. The molecular weight excluding hydrogens is 604 g/mol. The van der Waals surface area contributed by atoms with Crippen molar-refractivity contribution in [2.45, 2.75) is 44.8 Å². The van der Waals surface area contributed by atoms with Gasteiger partial charge in [-0.2, -0.15) is 13.2 Å². The molecular formula is C35H36F4N2O5. The number of aliphatic carboxylic acids is 1. The second kappa shape index (κ2) is 14.6. The zero-order chi connectivity index (χ0) is 33.6. The Labute approximate surface area is 264 Å². The van der Waals surface area contributed by atoms with E-state index in [1.807, 2.05) is 36.4 Å². The smallest absolute Gasteiger partial charge is 0.401 e. The summed E-state index contributed by atoms with van der Waals surface area (Å²) in [5, 5.41) is 10.9. The Balaban J connectivity index is 0.000000369. The van der Waals surface area contributed by atoms with Crippen molar-refractivity contribution in [2.75, 3.05) is 27.3 Å². The van der Waals surface area contributed by atoms with Gasteiger partial charge in [0, 0.05) is 18.0 Å². The van der Waals surface area contributed by atoms with Gasteiger partial charge in [-0.25, -0.2) is 4.39 Å². The summed E-state index contributed by atoms with van der Waals surface area (Å²) in [4.78, 5) is 23.2. The van der Waals surface area contributed by atoms with Gasteiger partial charge in [-0.1, -0.05) is 54.6 Å². The van der Waals surface area contributed by atoms with Gasteiger partial charge in [0.1, 0.15) is 17.3 Å². The van der Waals surface area contributed by atoms with E-state index in [-0.39, 0.29) is 12.0 Å². The van der Waals surface area contributed by atoms with Crippen LogP contribution in [0.4, 0.5) is 17.6 Å². The summed E-state index contributed by atoms with van der Waals surface area (Å²) in [7, 11) is 3.07. The largest absolute Gasteiger partial charge is 0.496 e. The fraction of sp³-hybridized carbons (Fsp3) is 0.314. The van der Waals surface area contributed by atoms with E-state index in [1.165, 1.54) is 24.1 Å². The third-order valence-corrected chi connectivity index (χ3v) is 8.04. The van der Waals surface area contributed by atoms with Crippen molar-refractivity contribution in [3.05, 3.63) is 94.8 Å². The van der Waals surface area contributed by atoms with Crippen molar-refractivity contribution >= 4 is 22.6 Å². The number of carboxylic acids is 1. The molecule has 0 saturated carbocycles. The van der Waals surface area contributed by atoms with Crippen LogP contribution in [-0.4, -0.2) is 55.4 Å². The number of halogens is 4. The van der Waals surface area contributed by atoms with E-state index in [0.717, 1.165) is 21.9 Å². The Kier molecular flexibility index (Phi) is 10.9. The van der Waals surface area contributed by atoms with Crippen molar-refractivity contribution < 1.29 is 41.7 Å². The molecule has 4 aromatic rings. The minimum Gasteiger partial charge on any atom is -0.496 e. The van der Waals surface area contributed by atoms with Crippen molar-refractivity contribution in [1.82, 2.24) is 4.90 Å². The summed E-state index contributed by atoms with van der Waals surface area (Å²) in [5.41, 5.74) is 8.58. The van der Waals surface area contributed by atoms with Crippen molar-refractivity contribution in [3.8, 4) is 22.6 Å². The quantitative estimate of drug-likeness (QED) is 0.184. The van der Waals surface area contributed by atoms with Crippen molar-refractivity contribution in [2.24, 2.45) is 5.73 Å². The fourth-order valence-electron chi connectivity index (χ4n) is 6.08. The molecule has 1 atom stereocenters. The van der Waals surface area contributed by atoms with Gasteiger partial charge in [0.15, 0.2) is 0 Å². The van der Waals surface area contributed by atoms with Gasteiger partial charge < -0.3 is 20.3 Å². The van der Waals surface area contributed by atoms with Crippen molar-refractivity contribution in [1.29, 1.82) is 0 Å². The lowest BCUT2D eigenvalue weighted by atomic mass is 9.90. The molecule has 1 saturated heterocycles. The highest BCUT2D eigenvalue weighted by Gasteiger charge is 2.38. The Morgan fingerprint density at radius 1 is 0.978 bits per heavy atom. The first-order chi connectivity index (χ1) is 21.9. The minimum absolute atomic E-state index is 0.0161. The van der Waals surface area contributed by atoms with Crippen LogP contribution in [0.25, 0.3) is 21.9 Å². The number of carbonyl (C=O) groups is 2. The standard InChI is InChI=1S/C27H28F3NO4.C8H8FNO/c1-34-23-13-12-21(22-10-5-15-31(22)16-27(28,29)30)26(35-2)25(23)20-9-4-7-18-17(11-14-24(32)33)6-3-8-19(18)20;1-5-3-2-4-6(9)7(5)8(10)11/h3-4,6-9,12-13,22H,5,10-11,14-16H2,1-2H3,(H,32,33);2-4H,1H3,(H2,10,11). The highest BCUT2D eigenvalue weighted by molar-refractivity contribution is 6.01. The molecule has 1 amide bonds. The van der Waals surface area contributed by atoms with Crippen molar-refractivity contribution in [3.63, 3.8) is 0 Å². The number of rotatable bonds is 9. The first-order valence-electron chi connectivity index (χ1n) is 14.7. The Morgan fingerprint density at radius 2 is 1.67 bits per heavy atom. The predicted octanol–water partition coefficient (Wildman–Crippen LogP) is 7.47. The van der Waals surface area contributed by atoms with E-state index in [4.69, 9.17) is 20.3 Å². The average molecular weight is 641 g/mol. The third-order valence-electron chi connectivity index (χ3n) is 8.04. The van der Waals surface area contributed by atoms with Crippen LogP contribution in [0.15, 0.2) is 66.7 Å². The van der Waals surface area contributed by atoms with Gasteiger partial charge in [-0.3, -0.25) is 14.5 Å². The highest BCUT2D eigenvalue weighted by Crippen LogP contribution is 2.48. The van der Waals surface area contributed by atoms with Crippen LogP contribution in [0.1, 0.15) is 52.4 Å². The van der Waals surface area contributed by atoms with Crippen LogP contribution in [0.5, 0.6) is 11.5 Å². The van der Waals surface area contributed by atoms with Gasteiger partial charge in [0.25, 0.3) is 5.91 Å². The summed E-state index contributed by atoms with van der Waals surface area (Å²) >= 11 is 0. The van der Waals surface area contributed by atoms with Gasteiger partial charge in [-0.15, -0.1) is 0 Å². The van der Waals surface area contributed by atoms with Crippen LogP contribution in [0.3, 0.4) is 0 Å². The molecule has 3 N–H and O–H groups in total. The lowest BCUT2D eigenvalue weighted by molar-refractivity contribution is -0.147. The highest BCUT2D eigenvalue weighted by atomic mass is 19.4. The summed E-state index contributed by atoms with van der Waals surface area (Å²) in [6.45, 7) is 1.04. The zero-order valence-corrected chi connectivity index (χ0v) is 25.8. The van der Waals surface area contributed by atoms with E-state index >= 15 is 0 Å². The molecule has 1 fully saturated rings. The van der Waals surface area contributed by atoms with Gasteiger partial charge in [0.2, 0.25) is 0 Å². The Bertz CT molecular complexity index is 1700. The number of alkyl halides is 3. The number of aryl methyl sites for hydroxylation is 2. The summed E-state index contributed by atoms with van der Waals surface area (Å²) in [6, 6.07) is 19.1. The lowest BCUT2D eigenvalue weighted by Crippen LogP contribution is -2.34. The number of likely N-dealkylation sites (tertiary alicyclic amines) is 1. The second-order valence-corrected chi connectivity index (χ2v) is 11.0. The lowest BCUT2D eigenvalue weighted by Gasteiger charge is -2.28. The molecule has 46 heavy (non-hydrogen) atoms. The van der Waals surface area contributed by atoms with E-state index < -0.39 is 36.5 Å². The number of methoxy groups -OCH3 is 2. The van der Waals surface area contributed by atoms with E-state index in [1.54, 1.807) is 32.2 Å². The number of nitrogens with two attached hydrogens (primary N) is 1. The molecule has 1 heterocycles. The van der Waals surface area contributed by atoms with Crippen LogP contribution < -0.4 is 15.2 Å². The maximum Gasteiger partial charge on any atom is 0.401 e. The maximum atomic E-state index is 13.2. The molecule has 0 spiro atoms. The molecule has 0 aliphatic carbocycles. The molecule has 1 aliphatic rings. The van der Waals surface area contributed by atoms with E-state index in [2.05, 4.69) is 0 Å². The molecule has 0 bridgehead atoms. The Morgan fingerprint density at radius 3 is 2.28 bits per heavy atom. The third kappa shape index (κ3) is 7.77. The number of primary amides is 1. The average Bonchev–Trinajstić information content (AvgIpc) is 3.45. The van der Waals surface area contributed by atoms with Gasteiger partial charge in [-0.05, 0) is 72.3 Å². The summed E-state index contributed by atoms with van der Waals surface area (Å²) in [5.74, 6) is -1.10. The van der Waals surface area contributed by atoms with Crippen LogP contribution in [0, 0.1) is 12.7 Å². The van der Waals surface area contributed by atoms with Crippen LogP contribution >= 0.6 is 0 Å². The monoisotopic (exact) mass is 640 g/mol. The number of amides is 1. The number of hydrogen-bond donors (Lipinski definition) is 2. The number of nitrogens with zero attached hydrogens (tertiary/aromatic N) is 1. The molecule has 4 aromatic carbocycles. The number of benzene rings is 4. The van der Waals surface area contributed by atoms with Gasteiger partial charge in [0.05, 0.1) is 31.9 Å². The molecule has 5 rings (SSSR count). The zero-order valence-electron chi connectivity index (χ0n) is 25.8. The Hall–Kier alpha value is -4.64. The van der Waals surface area contributed by atoms with E-state index in [0.29, 0.717) is 54.0 Å². The van der Waals surface area contributed by atoms with Crippen LogP contribution in [-0.2, 0) is 11.2 Å². The van der Waals surface area contributed by atoms with Crippen LogP contribution in [0.2, 0.25) is 0 Å². The molecule has 0 aromatic heterocycles. The number of ether oxygens (including phenoxy) is 2. The molecule has 0 radical (unpaired) electrons. The number of carboxylic acid groups (broad SMARTS) is 1. The molecule has 7 nitrogen and oxygen atoms in total. The first kappa shape index (κ1) is 34.2. The minimum atomic E-state index is -4.28. The maximum absolute atomic E-state index is 13.2. The fourth-order valence-corrected chi connectivity index (χ4v) is 6.08.